The van der Waals surface area contributed by atoms with Gasteiger partial charge in [-0.25, -0.2) is 4.98 Å². The topological polar surface area (TPSA) is 61.6 Å². The number of hydrogen-bond acceptors (Lipinski definition) is 5. The van der Waals surface area contributed by atoms with E-state index >= 15 is 0 Å². The summed E-state index contributed by atoms with van der Waals surface area (Å²) in [5.74, 6) is 0.600. The van der Waals surface area contributed by atoms with E-state index in [1.54, 1.807) is 6.26 Å². The van der Waals surface area contributed by atoms with Gasteiger partial charge in [-0.15, -0.1) is 0 Å². The zero-order valence-corrected chi connectivity index (χ0v) is 16.9. The Morgan fingerprint density at radius 1 is 1.10 bits per heavy atom. The summed E-state index contributed by atoms with van der Waals surface area (Å²) >= 11 is 0. The lowest BCUT2D eigenvalue weighted by molar-refractivity contribution is 0.0950. The number of benzene rings is 1. The minimum Gasteiger partial charge on any atom is -0.463 e. The van der Waals surface area contributed by atoms with Gasteiger partial charge in [-0.05, 0) is 43.8 Å². The van der Waals surface area contributed by atoms with Gasteiger partial charge < -0.3 is 19.5 Å². The van der Waals surface area contributed by atoms with Crippen LogP contribution < -0.4 is 5.32 Å². The standard InChI is InChI=1S/C23H28N4O2/c1-2-26-12-14-27(15-13-26)11-6-10-24-23(28)19-17-21(22-9-5-16-29-22)25-20-8-4-3-7-18(19)20/h3-5,7-9,16-17H,2,6,10-15H2,1H3,(H,24,28). The van der Waals surface area contributed by atoms with Crippen LogP contribution in [0.25, 0.3) is 22.4 Å². The van der Waals surface area contributed by atoms with E-state index in [0.717, 1.165) is 56.6 Å². The molecular weight excluding hydrogens is 364 g/mol. The third-order valence-corrected chi connectivity index (χ3v) is 5.58. The average molecular weight is 393 g/mol. The Labute approximate surface area is 171 Å². The molecule has 1 aliphatic rings. The zero-order valence-electron chi connectivity index (χ0n) is 16.9. The molecule has 0 saturated carbocycles. The lowest BCUT2D eigenvalue weighted by atomic mass is 10.1. The summed E-state index contributed by atoms with van der Waals surface area (Å²) in [6.07, 6.45) is 2.57. The van der Waals surface area contributed by atoms with E-state index in [1.165, 1.54) is 0 Å². The van der Waals surface area contributed by atoms with E-state index in [0.29, 0.717) is 23.6 Å². The molecule has 0 aliphatic carbocycles. The Balaban J connectivity index is 1.39. The number of furan rings is 1. The number of carbonyl (C=O) groups excluding carboxylic acids is 1. The van der Waals surface area contributed by atoms with Crippen LogP contribution in [0.3, 0.4) is 0 Å². The highest BCUT2D eigenvalue weighted by Crippen LogP contribution is 2.25. The molecule has 1 fully saturated rings. The monoisotopic (exact) mass is 392 g/mol. The van der Waals surface area contributed by atoms with Crippen molar-refractivity contribution in [1.29, 1.82) is 0 Å². The van der Waals surface area contributed by atoms with E-state index in [1.807, 2.05) is 42.5 Å². The summed E-state index contributed by atoms with van der Waals surface area (Å²) in [7, 11) is 0. The normalized spacial score (nSPS) is 15.6. The summed E-state index contributed by atoms with van der Waals surface area (Å²) in [6, 6.07) is 13.2. The van der Waals surface area contributed by atoms with Crippen molar-refractivity contribution < 1.29 is 9.21 Å². The SMILES string of the molecule is CCN1CCN(CCCNC(=O)c2cc(-c3ccco3)nc3ccccc23)CC1. The van der Waals surface area contributed by atoms with Crippen LogP contribution in [0.1, 0.15) is 23.7 Å². The molecule has 1 N–H and O–H groups in total. The van der Waals surface area contributed by atoms with Crippen molar-refractivity contribution in [2.45, 2.75) is 13.3 Å². The number of carbonyl (C=O) groups is 1. The molecule has 0 radical (unpaired) electrons. The largest absolute Gasteiger partial charge is 0.463 e. The Hall–Kier alpha value is -2.70. The minimum atomic E-state index is -0.0628. The molecule has 1 aliphatic heterocycles. The number of amides is 1. The number of pyridine rings is 1. The van der Waals surface area contributed by atoms with Gasteiger partial charge >= 0.3 is 0 Å². The molecule has 3 heterocycles. The predicted molar refractivity (Wildman–Crippen MR) is 115 cm³/mol. The molecule has 4 rings (SSSR count). The van der Waals surface area contributed by atoms with Crippen molar-refractivity contribution >= 4 is 16.8 Å². The van der Waals surface area contributed by atoms with Crippen molar-refractivity contribution in [2.24, 2.45) is 0 Å². The van der Waals surface area contributed by atoms with Gasteiger partial charge in [-0.1, -0.05) is 25.1 Å². The van der Waals surface area contributed by atoms with E-state index < -0.39 is 0 Å². The summed E-state index contributed by atoms with van der Waals surface area (Å²) < 4.78 is 5.48. The van der Waals surface area contributed by atoms with Gasteiger partial charge in [0.2, 0.25) is 0 Å². The summed E-state index contributed by atoms with van der Waals surface area (Å²) in [5.41, 5.74) is 2.10. The predicted octanol–water partition coefficient (Wildman–Crippen LogP) is 3.25. The van der Waals surface area contributed by atoms with Crippen LogP contribution in [-0.2, 0) is 0 Å². The molecule has 1 aromatic carbocycles. The molecule has 3 aromatic rings. The fraction of sp³-hybridized carbons (Fsp3) is 0.391. The molecule has 0 unspecified atom stereocenters. The Kier molecular flexibility index (Phi) is 6.22. The third-order valence-electron chi connectivity index (χ3n) is 5.58. The molecule has 1 amide bonds. The first-order chi connectivity index (χ1) is 14.2. The first-order valence-electron chi connectivity index (χ1n) is 10.4. The van der Waals surface area contributed by atoms with Gasteiger partial charge in [0.15, 0.2) is 5.76 Å². The van der Waals surface area contributed by atoms with Gasteiger partial charge in [0.1, 0.15) is 5.69 Å². The van der Waals surface area contributed by atoms with Gasteiger partial charge in [-0.3, -0.25) is 4.79 Å². The fourth-order valence-electron chi connectivity index (χ4n) is 3.84. The quantitative estimate of drug-likeness (QED) is 0.626. The number of hydrogen-bond donors (Lipinski definition) is 1. The number of nitrogens with one attached hydrogen (secondary N) is 1. The lowest BCUT2D eigenvalue weighted by Crippen LogP contribution is -2.46. The second kappa shape index (κ2) is 9.20. The van der Waals surface area contributed by atoms with E-state index in [4.69, 9.17) is 4.42 Å². The van der Waals surface area contributed by atoms with Crippen molar-refractivity contribution in [2.75, 3.05) is 45.8 Å². The first kappa shape index (κ1) is 19.6. The van der Waals surface area contributed by atoms with Crippen molar-refractivity contribution in [1.82, 2.24) is 20.1 Å². The van der Waals surface area contributed by atoms with Gasteiger partial charge in [-0.2, -0.15) is 0 Å². The van der Waals surface area contributed by atoms with Crippen LogP contribution >= 0.6 is 0 Å². The molecule has 0 bridgehead atoms. The molecule has 29 heavy (non-hydrogen) atoms. The number of aromatic nitrogens is 1. The molecule has 0 spiro atoms. The Morgan fingerprint density at radius 3 is 2.66 bits per heavy atom. The summed E-state index contributed by atoms with van der Waals surface area (Å²) in [5, 5.41) is 3.95. The molecule has 152 valence electrons. The molecular formula is C23H28N4O2. The van der Waals surface area contributed by atoms with Crippen LogP contribution in [0.4, 0.5) is 0 Å². The van der Waals surface area contributed by atoms with E-state index in [9.17, 15) is 4.79 Å². The molecule has 1 saturated heterocycles. The number of rotatable bonds is 7. The molecule has 6 heteroatoms. The fourth-order valence-corrected chi connectivity index (χ4v) is 3.84. The Bertz CT molecular complexity index is 947. The van der Waals surface area contributed by atoms with Crippen LogP contribution in [0.5, 0.6) is 0 Å². The third kappa shape index (κ3) is 4.66. The van der Waals surface area contributed by atoms with Crippen LogP contribution in [0, 0.1) is 0 Å². The van der Waals surface area contributed by atoms with Crippen molar-refractivity contribution in [3.8, 4) is 11.5 Å². The van der Waals surface area contributed by atoms with E-state index in [-0.39, 0.29) is 5.91 Å². The maximum absolute atomic E-state index is 12.9. The second-order valence-corrected chi connectivity index (χ2v) is 7.43. The van der Waals surface area contributed by atoms with Crippen LogP contribution in [0.2, 0.25) is 0 Å². The first-order valence-corrected chi connectivity index (χ1v) is 10.4. The number of fused-ring (bicyclic) bond motifs is 1. The van der Waals surface area contributed by atoms with Crippen LogP contribution in [-0.4, -0.2) is 66.5 Å². The highest BCUT2D eigenvalue weighted by atomic mass is 16.3. The van der Waals surface area contributed by atoms with Crippen molar-refractivity contribution in [3.63, 3.8) is 0 Å². The van der Waals surface area contributed by atoms with Gasteiger partial charge in [0.05, 0.1) is 17.3 Å². The molecule has 6 nitrogen and oxygen atoms in total. The van der Waals surface area contributed by atoms with Gasteiger partial charge in [0.25, 0.3) is 5.91 Å². The number of para-hydroxylation sites is 1. The highest BCUT2D eigenvalue weighted by Gasteiger charge is 2.16. The van der Waals surface area contributed by atoms with Crippen LogP contribution in [0.15, 0.2) is 53.1 Å². The molecule has 2 aromatic heterocycles. The zero-order chi connectivity index (χ0) is 20.1. The smallest absolute Gasteiger partial charge is 0.252 e. The minimum absolute atomic E-state index is 0.0628. The van der Waals surface area contributed by atoms with Gasteiger partial charge in [0, 0.05) is 38.1 Å². The van der Waals surface area contributed by atoms with Crippen molar-refractivity contribution in [3.05, 3.63) is 54.3 Å². The second-order valence-electron chi connectivity index (χ2n) is 7.43. The lowest BCUT2D eigenvalue weighted by Gasteiger charge is -2.33. The highest BCUT2D eigenvalue weighted by molar-refractivity contribution is 6.07. The Morgan fingerprint density at radius 2 is 1.90 bits per heavy atom. The maximum atomic E-state index is 12.9. The number of nitrogens with zero attached hydrogens (tertiary/aromatic N) is 3. The average Bonchev–Trinajstić information content (AvgIpc) is 3.31. The maximum Gasteiger partial charge on any atom is 0.252 e. The summed E-state index contributed by atoms with van der Waals surface area (Å²) in [6.45, 7) is 9.54. The molecule has 0 atom stereocenters. The summed E-state index contributed by atoms with van der Waals surface area (Å²) in [4.78, 5) is 22.5. The van der Waals surface area contributed by atoms with E-state index in [2.05, 4.69) is 27.0 Å². The number of likely N-dealkylation sites (N-methyl/N-ethyl adjacent to an activating group) is 1. The number of piperazine rings is 1.